The third-order valence-electron chi connectivity index (χ3n) is 5.58. The molecule has 5 nitrogen and oxygen atoms in total. The summed E-state index contributed by atoms with van der Waals surface area (Å²) in [4.78, 5) is 9.72. The predicted octanol–water partition coefficient (Wildman–Crippen LogP) is 6.27. The van der Waals surface area contributed by atoms with Gasteiger partial charge in [0.1, 0.15) is 5.82 Å². The maximum Gasteiger partial charge on any atom is 0.138 e. The van der Waals surface area contributed by atoms with Crippen LogP contribution in [0.15, 0.2) is 91.5 Å². The van der Waals surface area contributed by atoms with Crippen molar-refractivity contribution in [3.05, 3.63) is 108 Å². The molecule has 0 amide bonds. The van der Waals surface area contributed by atoms with Gasteiger partial charge in [0.15, 0.2) is 0 Å². The number of rotatable bonds is 5. The number of nitrogens with zero attached hydrogens (tertiary/aromatic N) is 4. The molecule has 0 spiro atoms. The van der Waals surface area contributed by atoms with Crippen LogP contribution >= 0.6 is 0 Å². The summed E-state index contributed by atoms with van der Waals surface area (Å²) in [5, 5.41) is 18.1. The Morgan fingerprint density at radius 1 is 0.818 bits per heavy atom. The van der Waals surface area contributed by atoms with Gasteiger partial charge in [0.05, 0.1) is 39.9 Å². The standard InChI is InChI=1S/C28H19N5/c1-2-21-22-7-3-4-11-26(22)33(27(21)18-30)28-12-6-10-25(32-28)24-9-5-8-23(31-24)20-15-13-19(17-29)14-16-20/h2-16,18,30H,1H2. The molecule has 0 aliphatic rings. The van der Waals surface area contributed by atoms with E-state index in [0.29, 0.717) is 11.4 Å². The zero-order chi connectivity index (χ0) is 22.8. The lowest BCUT2D eigenvalue weighted by Gasteiger charge is -2.10. The first-order chi connectivity index (χ1) is 16.2. The van der Waals surface area contributed by atoms with Crippen molar-refractivity contribution >= 4 is 23.2 Å². The minimum atomic E-state index is 0.615. The van der Waals surface area contributed by atoms with E-state index in [4.69, 9.17) is 20.6 Å². The first kappa shape index (κ1) is 20.1. The number of nitrogens with one attached hydrogen (secondary N) is 1. The molecule has 5 aromatic rings. The molecule has 0 bridgehead atoms. The van der Waals surface area contributed by atoms with E-state index >= 15 is 0 Å². The molecule has 0 fully saturated rings. The second-order valence-corrected chi connectivity index (χ2v) is 7.48. The van der Waals surface area contributed by atoms with E-state index in [1.54, 1.807) is 18.2 Å². The van der Waals surface area contributed by atoms with Crippen molar-refractivity contribution in [3.8, 4) is 34.5 Å². The van der Waals surface area contributed by atoms with Crippen LogP contribution in [0.4, 0.5) is 0 Å². The second-order valence-electron chi connectivity index (χ2n) is 7.48. The lowest BCUT2D eigenvalue weighted by Crippen LogP contribution is -2.03. The summed E-state index contributed by atoms with van der Waals surface area (Å²) >= 11 is 0. The highest BCUT2D eigenvalue weighted by molar-refractivity contribution is 6.00. The molecule has 3 heterocycles. The molecule has 3 aromatic heterocycles. The van der Waals surface area contributed by atoms with Gasteiger partial charge in [-0.05, 0) is 42.5 Å². The minimum absolute atomic E-state index is 0.615. The molecular formula is C28H19N5. The molecule has 0 saturated heterocycles. The highest BCUT2D eigenvalue weighted by Crippen LogP contribution is 2.30. The van der Waals surface area contributed by atoms with Crippen LogP contribution in [0.5, 0.6) is 0 Å². The van der Waals surface area contributed by atoms with Gasteiger partial charge in [-0.2, -0.15) is 5.26 Å². The second kappa shape index (κ2) is 8.37. The average Bonchev–Trinajstić information content (AvgIpc) is 3.22. The van der Waals surface area contributed by atoms with E-state index in [-0.39, 0.29) is 0 Å². The summed E-state index contributed by atoms with van der Waals surface area (Å²) in [6, 6.07) is 29.2. The third-order valence-corrected chi connectivity index (χ3v) is 5.58. The Labute approximate surface area is 191 Å². The molecule has 1 N–H and O–H groups in total. The maximum absolute atomic E-state index is 9.04. The number of fused-ring (bicyclic) bond motifs is 1. The lowest BCUT2D eigenvalue weighted by molar-refractivity contribution is 1.03. The number of para-hydroxylation sites is 1. The molecule has 0 aliphatic heterocycles. The van der Waals surface area contributed by atoms with E-state index in [2.05, 4.69) is 12.6 Å². The number of hydrogen-bond donors (Lipinski definition) is 1. The number of hydrogen-bond acceptors (Lipinski definition) is 4. The van der Waals surface area contributed by atoms with Crippen LogP contribution in [0.1, 0.15) is 16.8 Å². The van der Waals surface area contributed by atoms with E-state index < -0.39 is 0 Å². The van der Waals surface area contributed by atoms with E-state index in [1.807, 2.05) is 77.4 Å². The van der Waals surface area contributed by atoms with Gasteiger partial charge in [0.25, 0.3) is 0 Å². The number of aromatic nitrogens is 3. The van der Waals surface area contributed by atoms with E-state index in [0.717, 1.165) is 44.8 Å². The van der Waals surface area contributed by atoms with Crippen molar-refractivity contribution in [2.75, 3.05) is 0 Å². The zero-order valence-electron chi connectivity index (χ0n) is 17.7. The van der Waals surface area contributed by atoms with Crippen LogP contribution in [-0.2, 0) is 0 Å². The van der Waals surface area contributed by atoms with Crippen molar-refractivity contribution in [2.24, 2.45) is 0 Å². The monoisotopic (exact) mass is 425 g/mol. The highest BCUT2D eigenvalue weighted by atomic mass is 15.1. The van der Waals surface area contributed by atoms with E-state index in [9.17, 15) is 0 Å². The summed E-state index contributed by atoms with van der Waals surface area (Å²) in [5.74, 6) is 0.709. The van der Waals surface area contributed by atoms with Crippen LogP contribution in [0.3, 0.4) is 0 Å². The molecule has 33 heavy (non-hydrogen) atoms. The maximum atomic E-state index is 9.04. The molecule has 2 aromatic carbocycles. The van der Waals surface area contributed by atoms with Crippen molar-refractivity contribution < 1.29 is 0 Å². The Bertz CT molecular complexity index is 1550. The molecule has 156 valence electrons. The first-order valence-electron chi connectivity index (χ1n) is 10.4. The summed E-state index contributed by atoms with van der Waals surface area (Å²) in [6.45, 7) is 3.95. The molecule has 0 unspecified atom stereocenters. The van der Waals surface area contributed by atoms with Gasteiger partial charge in [0.2, 0.25) is 0 Å². The van der Waals surface area contributed by atoms with Crippen LogP contribution in [0.2, 0.25) is 0 Å². The van der Waals surface area contributed by atoms with Gasteiger partial charge in [-0.15, -0.1) is 0 Å². The predicted molar refractivity (Wildman–Crippen MR) is 132 cm³/mol. The average molecular weight is 425 g/mol. The Morgan fingerprint density at radius 3 is 2.24 bits per heavy atom. The summed E-state index contributed by atoms with van der Waals surface area (Å²) in [5.41, 5.74) is 6.45. The van der Waals surface area contributed by atoms with Gasteiger partial charge in [-0.1, -0.05) is 55.1 Å². The Hall–Kier alpha value is -4.82. The zero-order valence-corrected chi connectivity index (χ0v) is 17.7. The SMILES string of the molecule is C=Cc1c(C=N)n(-c2cccc(-c3cccc(-c4ccc(C#N)cc4)n3)n2)c2ccccc12. The fraction of sp³-hybridized carbons (Fsp3) is 0. The number of benzene rings is 2. The van der Waals surface area contributed by atoms with Crippen LogP contribution in [-0.4, -0.2) is 20.7 Å². The largest absolute Gasteiger partial charge is 0.307 e. The Kier molecular flexibility index (Phi) is 5.10. The fourth-order valence-electron chi connectivity index (χ4n) is 4.03. The molecule has 5 heteroatoms. The summed E-state index contributed by atoms with van der Waals surface area (Å²) in [6.07, 6.45) is 3.13. The Balaban J connectivity index is 1.63. The molecule has 0 radical (unpaired) electrons. The van der Waals surface area contributed by atoms with Gasteiger partial charge >= 0.3 is 0 Å². The minimum Gasteiger partial charge on any atom is -0.307 e. The normalized spacial score (nSPS) is 10.6. The molecule has 0 aliphatic carbocycles. The van der Waals surface area contributed by atoms with Crippen LogP contribution < -0.4 is 0 Å². The van der Waals surface area contributed by atoms with Gasteiger partial charge in [-0.3, -0.25) is 4.57 Å². The number of nitriles is 1. The molecule has 0 atom stereocenters. The molecule has 0 saturated carbocycles. The van der Waals surface area contributed by atoms with Gasteiger partial charge < -0.3 is 5.41 Å². The van der Waals surface area contributed by atoms with Crippen molar-refractivity contribution in [3.63, 3.8) is 0 Å². The smallest absolute Gasteiger partial charge is 0.138 e. The van der Waals surface area contributed by atoms with Gasteiger partial charge in [-0.25, -0.2) is 9.97 Å². The topological polar surface area (TPSA) is 78.4 Å². The summed E-state index contributed by atoms with van der Waals surface area (Å²) in [7, 11) is 0. The molecule has 5 rings (SSSR count). The number of pyridine rings is 2. The Morgan fingerprint density at radius 2 is 1.52 bits per heavy atom. The highest BCUT2D eigenvalue weighted by Gasteiger charge is 2.16. The summed E-state index contributed by atoms with van der Waals surface area (Å²) < 4.78 is 1.98. The van der Waals surface area contributed by atoms with Gasteiger partial charge in [0, 0.05) is 22.7 Å². The van der Waals surface area contributed by atoms with Crippen molar-refractivity contribution in [2.45, 2.75) is 0 Å². The quantitative estimate of drug-likeness (QED) is 0.337. The fourth-order valence-corrected chi connectivity index (χ4v) is 4.03. The lowest BCUT2D eigenvalue weighted by atomic mass is 10.1. The van der Waals surface area contributed by atoms with Crippen LogP contribution in [0.25, 0.3) is 45.4 Å². The first-order valence-corrected chi connectivity index (χ1v) is 10.4. The van der Waals surface area contributed by atoms with Crippen molar-refractivity contribution in [1.29, 1.82) is 10.7 Å². The van der Waals surface area contributed by atoms with E-state index in [1.165, 1.54) is 6.21 Å². The molecular weight excluding hydrogens is 406 g/mol. The van der Waals surface area contributed by atoms with Crippen molar-refractivity contribution in [1.82, 2.24) is 14.5 Å². The van der Waals surface area contributed by atoms with Crippen LogP contribution in [0, 0.1) is 16.7 Å². The third kappa shape index (κ3) is 3.50.